The van der Waals surface area contributed by atoms with E-state index < -0.39 is 5.91 Å². The normalized spacial score (nSPS) is 16.5. The molecule has 0 unspecified atom stereocenters. The number of nitrogens with zero attached hydrogens (tertiary/aromatic N) is 2. The molecule has 1 aliphatic rings. The summed E-state index contributed by atoms with van der Waals surface area (Å²) < 4.78 is 5.33. The maximum Gasteiger partial charge on any atom is 0.250 e. The fraction of sp³-hybridized carbons (Fsp3) is 0.500. The summed E-state index contributed by atoms with van der Waals surface area (Å²) in [5, 5.41) is 0. The van der Waals surface area contributed by atoms with Gasteiger partial charge in [-0.15, -0.1) is 0 Å². The van der Waals surface area contributed by atoms with E-state index in [0.29, 0.717) is 23.1 Å². The summed E-state index contributed by atoms with van der Waals surface area (Å²) in [5.41, 5.74) is 11.6. The zero-order valence-electron chi connectivity index (χ0n) is 10.4. The van der Waals surface area contributed by atoms with Crippen LogP contribution in [-0.4, -0.2) is 37.2 Å². The lowest BCUT2D eigenvalue weighted by Crippen LogP contribution is -2.37. The van der Waals surface area contributed by atoms with Gasteiger partial charge in [0.1, 0.15) is 5.82 Å². The van der Waals surface area contributed by atoms with Gasteiger partial charge in [0.15, 0.2) is 0 Å². The molecule has 1 aromatic heterocycles. The van der Waals surface area contributed by atoms with E-state index in [0.717, 1.165) is 26.1 Å². The number of carbonyl (C=O) groups excluding carboxylic acids is 1. The van der Waals surface area contributed by atoms with E-state index in [4.69, 9.17) is 16.2 Å². The van der Waals surface area contributed by atoms with Gasteiger partial charge >= 0.3 is 0 Å². The molecule has 2 rings (SSSR count). The van der Waals surface area contributed by atoms with Crippen molar-refractivity contribution in [2.45, 2.75) is 18.9 Å². The number of hydrogen-bond acceptors (Lipinski definition) is 5. The second kappa shape index (κ2) is 5.22. The van der Waals surface area contributed by atoms with Crippen LogP contribution < -0.4 is 16.4 Å². The highest BCUT2D eigenvalue weighted by Crippen LogP contribution is 2.22. The third-order valence-corrected chi connectivity index (χ3v) is 3.29. The Balaban J connectivity index is 2.21. The number of pyridine rings is 1. The van der Waals surface area contributed by atoms with Crippen molar-refractivity contribution in [1.82, 2.24) is 4.98 Å². The number of rotatable bonds is 3. The highest BCUT2D eigenvalue weighted by atomic mass is 16.5. The fourth-order valence-electron chi connectivity index (χ4n) is 2.12. The molecular formula is C12H18N4O2. The van der Waals surface area contributed by atoms with E-state index in [1.165, 1.54) is 6.20 Å². The number of ether oxygens (including phenoxy) is 1. The molecular weight excluding hydrogens is 232 g/mol. The van der Waals surface area contributed by atoms with Crippen LogP contribution in [0.5, 0.6) is 0 Å². The van der Waals surface area contributed by atoms with Crippen molar-refractivity contribution in [3.8, 4) is 0 Å². The topological polar surface area (TPSA) is 94.5 Å². The Labute approximate surface area is 106 Å². The molecule has 4 N–H and O–H groups in total. The van der Waals surface area contributed by atoms with E-state index in [1.54, 1.807) is 6.07 Å². The first-order chi connectivity index (χ1) is 8.59. The molecule has 0 bridgehead atoms. The largest absolute Gasteiger partial charge is 0.397 e. The van der Waals surface area contributed by atoms with E-state index in [2.05, 4.69) is 9.88 Å². The molecule has 0 atom stereocenters. The summed E-state index contributed by atoms with van der Waals surface area (Å²) in [6.07, 6.45) is 3.38. The molecule has 1 aliphatic heterocycles. The van der Waals surface area contributed by atoms with Crippen molar-refractivity contribution >= 4 is 17.4 Å². The average Bonchev–Trinajstić information content (AvgIpc) is 2.39. The molecule has 0 spiro atoms. The molecule has 98 valence electrons. The van der Waals surface area contributed by atoms with Gasteiger partial charge in [-0.1, -0.05) is 0 Å². The van der Waals surface area contributed by atoms with E-state index in [-0.39, 0.29) is 0 Å². The van der Waals surface area contributed by atoms with Crippen LogP contribution in [0.25, 0.3) is 0 Å². The molecule has 0 saturated carbocycles. The van der Waals surface area contributed by atoms with Crippen LogP contribution in [0.2, 0.25) is 0 Å². The summed E-state index contributed by atoms with van der Waals surface area (Å²) >= 11 is 0. The van der Waals surface area contributed by atoms with Gasteiger partial charge in [-0.2, -0.15) is 0 Å². The molecule has 1 amide bonds. The van der Waals surface area contributed by atoms with Crippen molar-refractivity contribution in [2.24, 2.45) is 5.73 Å². The molecule has 0 aromatic carbocycles. The lowest BCUT2D eigenvalue weighted by molar-refractivity contribution is 0.0853. The second-order valence-corrected chi connectivity index (χ2v) is 4.45. The van der Waals surface area contributed by atoms with Gasteiger partial charge in [-0.25, -0.2) is 4.98 Å². The summed E-state index contributed by atoms with van der Waals surface area (Å²) in [5.74, 6) is 0.182. The van der Waals surface area contributed by atoms with Crippen molar-refractivity contribution < 1.29 is 9.53 Å². The van der Waals surface area contributed by atoms with Crippen LogP contribution in [-0.2, 0) is 4.74 Å². The maximum atomic E-state index is 11.2. The minimum absolute atomic E-state index is 0.312. The fourth-order valence-corrected chi connectivity index (χ4v) is 2.12. The number of aromatic nitrogens is 1. The van der Waals surface area contributed by atoms with Crippen LogP contribution >= 0.6 is 0 Å². The van der Waals surface area contributed by atoms with Crippen LogP contribution in [0.1, 0.15) is 23.2 Å². The first-order valence-corrected chi connectivity index (χ1v) is 5.95. The van der Waals surface area contributed by atoms with Gasteiger partial charge in [0, 0.05) is 26.3 Å². The Kier molecular flexibility index (Phi) is 3.66. The number of anilines is 2. The van der Waals surface area contributed by atoms with Gasteiger partial charge in [0.05, 0.1) is 17.4 Å². The lowest BCUT2D eigenvalue weighted by atomic mass is 10.1. The SMILES string of the molecule is CN(c1cc(C(N)=O)c(N)cn1)C1CCOCC1. The molecule has 1 saturated heterocycles. The lowest BCUT2D eigenvalue weighted by Gasteiger charge is -2.32. The summed E-state index contributed by atoms with van der Waals surface area (Å²) in [6.45, 7) is 1.51. The number of nitrogens with two attached hydrogens (primary N) is 2. The van der Waals surface area contributed by atoms with Crippen molar-refractivity contribution in [3.63, 3.8) is 0 Å². The third-order valence-electron chi connectivity index (χ3n) is 3.29. The number of amides is 1. The van der Waals surface area contributed by atoms with Crippen molar-refractivity contribution in [1.29, 1.82) is 0 Å². The molecule has 6 nitrogen and oxygen atoms in total. The Morgan fingerprint density at radius 3 is 2.78 bits per heavy atom. The van der Waals surface area contributed by atoms with Crippen LogP contribution in [0, 0.1) is 0 Å². The minimum atomic E-state index is -0.531. The first kappa shape index (κ1) is 12.6. The van der Waals surface area contributed by atoms with Crippen molar-refractivity contribution in [2.75, 3.05) is 30.9 Å². The highest BCUT2D eigenvalue weighted by molar-refractivity contribution is 5.98. The number of carbonyl (C=O) groups is 1. The molecule has 0 radical (unpaired) electrons. The second-order valence-electron chi connectivity index (χ2n) is 4.45. The van der Waals surface area contributed by atoms with Crippen LogP contribution in [0.3, 0.4) is 0 Å². The van der Waals surface area contributed by atoms with E-state index >= 15 is 0 Å². The first-order valence-electron chi connectivity index (χ1n) is 5.95. The van der Waals surface area contributed by atoms with Crippen LogP contribution in [0.4, 0.5) is 11.5 Å². The van der Waals surface area contributed by atoms with Gasteiger partial charge in [0.25, 0.3) is 5.91 Å². The molecule has 6 heteroatoms. The van der Waals surface area contributed by atoms with Crippen LogP contribution in [0.15, 0.2) is 12.3 Å². The summed E-state index contributed by atoms with van der Waals surface area (Å²) in [4.78, 5) is 17.5. The van der Waals surface area contributed by atoms with E-state index in [1.807, 2.05) is 7.05 Å². The van der Waals surface area contributed by atoms with Crippen molar-refractivity contribution in [3.05, 3.63) is 17.8 Å². The zero-order chi connectivity index (χ0) is 13.1. The van der Waals surface area contributed by atoms with Gasteiger partial charge < -0.3 is 21.1 Å². The van der Waals surface area contributed by atoms with E-state index in [9.17, 15) is 4.79 Å². The zero-order valence-corrected chi connectivity index (χ0v) is 10.4. The molecule has 2 heterocycles. The average molecular weight is 250 g/mol. The molecule has 1 fully saturated rings. The monoisotopic (exact) mass is 250 g/mol. The van der Waals surface area contributed by atoms with Gasteiger partial charge in [0.2, 0.25) is 0 Å². The Morgan fingerprint density at radius 2 is 2.17 bits per heavy atom. The minimum Gasteiger partial charge on any atom is -0.397 e. The van der Waals surface area contributed by atoms with Gasteiger partial charge in [-0.3, -0.25) is 4.79 Å². The molecule has 18 heavy (non-hydrogen) atoms. The number of primary amides is 1. The Bertz CT molecular complexity index is 444. The standard InChI is InChI=1S/C12H18N4O2/c1-16(8-2-4-18-5-3-8)11-6-9(12(14)17)10(13)7-15-11/h6-8H,2-5,13H2,1H3,(H2,14,17). The number of hydrogen-bond donors (Lipinski definition) is 2. The predicted octanol–water partition coefficient (Wildman–Crippen LogP) is 0.378. The molecule has 0 aliphatic carbocycles. The summed E-state index contributed by atoms with van der Waals surface area (Å²) in [7, 11) is 1.96. The third kappa shape index (κ3) is 2.53. The predicted molar refractivity (Wildman–Crippen MR) is 69.4 cm³/mol. The number of nitrogen functional groups attached to an aromatic ring is 1. The smallest absolute Gasteiger partial charge is 0.250 e. The Hall–Kier alpha value is -1.82. The molecule has 1 aromatic rings. The quantitative estimate of drug-likeness (QED) is 0.808. The highest BCUT2D eigenvalue weighted by Gasteiger charge is 2.20. The summed E-state index contributed by atoms with van der Waals surface area (Å²) in [6, 6.07) is 2.02. The van der Waals surface area contributed by atoms with Gasteiger partial charge in [-0.05, 0) is 18.9 Å². The maximum absolute atomic E-state index is 11.2. The Morgan fingerprint density at radius 1 is 1.50 bits per heavy atom.